The normalized spacial score (nSPS) is 15.0. The van der Waals surface area contributed by atoms with E-state index in [-0.39, 0.29) is 16.4 Å². The van der Waals surface area contributed by atoms with Crippen molar-refractivity contribution >= 4 is 69.4 Å². The number of ether oxygens (including phenoxy) is 1. The monoisotopic (exact) mass is 519 g/mol. The fourth-order valence-corrected chi connectivity index (χ4v) is 4.49. The summed E-state index contributed by atoms with van der Waals surface area (Å²) in [5.74, 6) is -1.06. The maximum atomic E-state index is 13.4. The van der Waals surface area contributed by atoms with Gasteiger partial charge in [0.15, 0.2) is 5.11 Å². The first kappa shape index (κ1) is 23.5. The second-order valence-corrected chi connectivity index (χ2v) is 8.75. The third-order valence-corrected chi connectivity index (χ3v) is 6.18. The quantitative estimate of drug-likeness (QED) is 0.180. The van der Waals surface area contributed by atoms with Gasteiger partial charge >= 0.3 is 5.97 Å². The van der Waals surface area contributed by atoms with E-state index in [4.69, 9.17) is 33.0 Å². The fraction of sp³-hybridized carbons (Fsp3) is 0.0769. The number of methoxy groups -OCH3 is 1. The van der Waals surface area contributed by atoms with E-state index in [1.807, 2.05) is 35.0 Å². The number of para-hydroxylation sites is 1. The van der Waals surface area contributed by atoms with Crippen molar-refractivity contribution < 1.29 is 23.5 Å². The van der Waals surface area contributed by atoms with Crippen LogP contribution in [0.5, 0.6) is 0 Å². The van der Waals surface area contributed by atoms with Gasteiger partial charge < -0.3 is 13.7 Å². The van der Waals surface area contributed by atoms with E-state index in [9.17, 15) is 14.4 Å². The molecule has 0 bridgehead atoms. The molecule has 0 spiro atoms. The van der Waals surface area contributed by atoms with Gasteiger partial charge in [0, 0.05) is 27.7 Å². The molecule has 8 nitrogen and oxygen atoms in total. The molecular formula is C26H18ClN3O5S. The highest BCUT2D eigenvalue weighted by atomic mass is 35.5. The summed E-state index contributed by atoms with van der Waals surface area (Å²) in [7, 11) is 1.28. The zero-order valence-electron chi connectivity index (χ0n) is 18.9. The number of rotatable bonds is 5. The molecule has 1 saturated heterocycles. The van der Waals surface area contributed by atoms with E-state index < -0.39 is 17.8 Å². The average Bonchev–Trinajstić information content (AvgIpc) is 3.46. The Bertz CT molecular complexity index is 1590. The second-order valence-electron chi connectivity index (χ2n) is 7.92. The predicted octanol–water partition coefficient (Wildman–Crippen LogP) is 4.55. The van der Waals surface area contributed by atoms with Gasteiger partial charge in [0.05, 0.1) is 19.3 Å². The van der Waals surface area contributed by atoms with Crippen molar-refractivity contribution in [2.24, 2.45) is 0 Å². The topological polar surface area (TPSA) is 93.8 Å². The Hall–Kier alpha value is -4.21. The molecule has 1 aliphatic rings. The van der Waals surface area contributed by atoms with Crippen LogP contribution in [0, 0.1) is 0 Å². The van der Waals surface area contributed by atoms with Crippen molar-refractivity contribution in [2.75, 3.05) is 12.0 Å². The third kappa shape index (κ3) is 4.30. The van der Waals surface area contributed by atoms with Crippen LogP contribution in [0.1, 0.15) is 21.9 Å². The van der Waals surface area contributed by atoms with Gasteiger partial charge in [-0.1, -0.05) is 35.9 Å². The van der Waals surface area contributed by atoms with Crippen LogP contribution in [0.4, 0.5) is 5.69 Å². The standard InChI is InChI=1S/C26H18ClN3O5S/c1-34-25(33)22-10-9-18(35-22)14-29-13-15(19-7-2-3-8-21(19)29)11-20-23(31)28-26(36)30(24(20)32)17-6-4-5-16(27)12-17/h2-13H,14H2,1H3,(H,28,31,36)/b20-11+. The second kappa shape index (κ2) is 9.44. The Labute approximate surface area is 215 Å². The van der Waals surface area contributed by atoms with Gasteiger partial charge in [0.25, 0.3) is 11.8 Å². The zero-order valence-corrected chi connectivity index (χ0v) is 20.4. The molecule has 1 fully saturated rings. The summed E-state index contributed by atoms with van der Waals surface area (Å²) < 4.78 is 12.2. The van der Waals surface area contributed by atoms with Crippen LogP contribution < -0.4 is 10.2 Å². The summed E-state index contributed by atoms with van der Waals surface area (Å²) in [4.78, 5) is 39.1. The number of amides is 2. The minimum absolute atomic E-state index is 0.0222. The number of fused-ring (bicyclic) bond motifs is 1. The number of aromatic nitrogens is 1. The van der Waals surface area contributed by atoms with E-state index in [0.29, 0.717) is 28.6 Å². The van der Waals surface area contributed by atoms with Crippen LogP contribution in [0.2, 0.25) is 5.02 Å². The first-order valence-corrected chi connectivity index (χ1v) is 11.6. The summed E-state index contributed by atoms with van der Waals surface area (Å²) in [5, 5.41) is 3.82. The maximum Gasteiger partial charge on any atom is 0.373 e. The lowest BCUT2D eigenvalue weighted by Crippen LogP contribution is -2.54. The molecule has 0 atom stereocenters. The molecule has 1 aliphatic heterocycles. The summed E-state index contributed by atoms with van der Waals surface area (Å²) in [6, 6.07) is 17.5. The number of benzene rings is 2. The molecule has 3 heterocycles. The fourth-order valence-electron chi connectivity index (χ4n) is 4.02. The van der Waals surface area contributed by atoms with Crippen molar-refractivity contribution in [3.8, 4) is 0 Å². The van der Waals surface area contributed by atoms with Gasteiger partial charge in [0.1, 0.15) is 11.3 Å². The van der Waals surface area contributed by atoms with E-state index in [1.165, 1.54) is 18.1 Å². The molecule has 180 valence electrons. The van der Waals surface area contributed by atoms with Gasteiger partial charge in [-0.05, 0) is 54.7 Å². The number of thiocarbonyl (C=S) groups is 1. The number of nitrogens with zero attached hydrogens (tertiary/aromatic N) is 2. The van der Waals surface area contributed by atoms with E-state index >= 15 is 0 Å². The summed E-state index contributed by atoms with van der Waals surface area (Å²) >= 11 is 11.4. The number of nitrogens with one attached hydrogen (secondary N) is 1. The molecule has 5 rings (SSSR count). The van der Waals surface area contributed by atoms with Crippen LogP contribution in [0.3, 0.4) is 0 Å². The molecule has 0 unspecified atom stereocenters. The molecule has 1 N–H and O–H groups in total. The van der Waals surface area contributed by atoms with Gasteiger partial charge in [-0.15, -0.1) is 0 Å². The molecule has 0 aliphatic carbocycles. The Kier molecular flexibility index (Phi) is 6.17. The number of hydrogen-bond donors (Lipinski definition) is 1. The first-order valence-electron chi connectivity index (χ1n) is 10.8. The van der Waals surface area contributed by atoms with E-state index in [2.05, 4.69) is 5.32 Å². The number of esters is 1. The molecule has 0 saturated carbocycles. The van der Waals surface area contributed by atoms with Crippen molar-refractivity contribution in [2.45, 2.75) is 6.54 Å². The lowest BCUT2D eigenvalue weighted by atomic mass is 10.1. The first-order chi connectivity index (χ1) is 17.4. The van der Waals surface area contributed by atoms with E-state index in [1.54, 1.807) is 36.4 Å². The summed E-state index contributed by atoms with van der Waals surface area (Å²) in [6.45, 7) is 0.319. The minimum atomic E-state index is -0.589. The molecule has 4 aromatic rings. The molecule has 0 radical (unpaired) electrons. The molecule has 2 aromatic carbocycles. The molecule has 10 heteroatoms. The highest BCUT2D eigenvalue weighted by molar-refractivity contribution is 7.80. The average molecular weight is 520 g/mol. The number of carbonyl (C=O) groups is 3. The Morgan fingerprint density at radius 1 is 1.14 bits per heavy atom. The number of anilines is 1. The number of hydrogen-bond acceptors (Lipinski definition) is 6. The molecule has 36 heavy (non-hydrogen) atoms. The van der Waals surface area contributed by atoms with Crippen LogP contribution in [0.15, 0.2) is 76.9 Å². The lowest BCUT2D eigenvalue weighted by molar-refractivity contribution is -0.122. The maximum absolute atomic E-state index is 13.4. The third-order valence-electron chi connectivity index (χ3n) is 5.66. The molecule has 2 aromatic heterocycles. The van der Waals surface area contributed by atoms with Gasteiger partial charge in [-0.25, -0.2) is 4.79 Å². The Morgan fingerprint density at radius 2 is 1.94 bits per heavy atom. The number of furan rings is 1. The highest BCUT2D eigenvalue weighted by Gasteiger charge is 2.34. The Balaban J connectivity index is 1.53. The van der Waals surface area contributed by atoms with Crippen LogP contribution in [-0.4, -0.2) is 34.6 Å². The van der Waals surface area contributed by atoms with Crippen molar-refractivity contribution in [1.82, 2.24) is 9.88 Å². The zero-order chi connectivity index (χ0) is 25.4. The van der Waals surface area contributed by atoms with Crippen molar-refractivity contribution in [1.29, 1.82) is 0 Å². The molecule has 2 amide bonds. The van der Waals surface area contributed by atoms with E-state index in [0.717, 1.165) is 10.9 Å². The number of carbonyl (C=O) groups excluding carboxylic acids is 3. The van der Waals surface area contributed by atoms with Crippen LogP contribution in [-0.2, 0) is 20.9 Å². The van der Waals surface area contributed by atoms with Crippen molar-refractivity contribution in [3.05, 3.63) is 94.5 Å². The summed E-state index contributed by atoms with van der Waals surface area (Å²) in [5.41, 5.74) is 1.89. The summed E-state index contributed by atoms with van der Waals surface area (Å²) in [6.07, 6.45) is 3.35. The van der Waals surface area contributed by atoms with Gasteiger partial charge in [-0.3, -0.25) is 19.8 Å². The smallest absolute Gasteiger partial charge is 0.373 e. The van der Waals surface area contributed by atoms with Crippen LogP contribution >= 0.6 is 23.8 Å². The Morgan fingerprint density at radius 3 is 2.72 bits per heavy atom. The van der Waals surface area contributed by atoms with Gasteiger partial charge in [-0.2, -0.15) is 0 Å². The van der Waals surface area contributed by atoms with Gasteiger partial charge in [0.2, 0.25) is 5.76 Å². The SMILES string of the molecule is COC(=O)c1ccc(Cn2cc(/C=C3\C(=O)NC(=S)N(c4cccc(Cl)c4)C3=O)c3ccccc32)o1. The minimum Gasteiger partial charge on any atom is -0.463 e. The van der Waals surface area contributed by atoms with Crippen LogP contribution in [0.25, 0.3) is 17.0 Å². The molecular weight excluding hydrogens is 502 g/mol. The van der Waals surface area contributed by atoms with Crippen molar-refractivity contribution in [3.63, 3.8) is 0 Å². The highest BCUT2D eigenvalue weighted by Crippen LogP contribution is 2.28. The predicted molar refractivity (Wildman–Crippen MR) is 139 cm³/mol. The lowest BCUT2D eigenvalue weighted by Gasteiger charge is -2.29. The number of halogens is 1. The largest absolute Gasteiger partial charge is 0.463 e.